The summed E-state index contributed by atoms with van der Waals surface area (Å²) in [6.07, 6.45) is 0. The number of aliphatic hydroxyl groups is 1. The Balaban J connectivity index is 2.48. The number of nitro benzene ring substituents is 2. The number of nitro groups is 2. The fourth-order valence-electron chi connectivity index (χ4n) is 1.76. The molecule has 8 nitrogen and oxygen atoms in total. The van der Waals surface area contributed by atoms with Crippen LogP contribution in [0.4, 0.5) is 11.4 Å². The maximum absolute atomic E-state index is 11.1. The summed E-state index contributed by atoms with van der Waals surface area (Å²) in [5.41, 5.74) is -0.323. The Morgan fingerprint density at radius 2 is 1.65 bits per heavy atom. The fourth-order valence-corrected chi connectivity index (χ4v) is 3.20. The van der Waals surface area contributed by atoms with Gasteiger partial charge in [-0.15, -0.1) is 0 Å². The van der Waals surface area contributed by atoms with Gasteiger partial charge in [0.15, 0.2) is 5.75 Å². The normalized spacial score (nSPS) is 10.4. The molecule has 0 saturated heterocycles. The summed E-state index contributed by atoms with van der Waals surface area (Å²) in [6, 6.07) is 6.30. The standard InChI is InChI=1S/C13H8Br2N2O6/c14-9-3-7(6-18)4-10(15)13(9)23-12-2-1-8(16(19)20)5-11(12)17(21)22/h1-5,18H,6H2. The van der Waals surface area contributed by atoms with E-state index in [1.54, 1.807) is 12.1 Å². The van der Waals surface area contributed by atoms with Crippen LogP contribution in [-0.2, 0) is 6.61 Å². The number of nitrogens with zero attached hydrogens (tertiary/aromatic N) is 2. The third-order valence-corrected chi connectivity index (χ3v) is 3.98. The lowest BCUT2D eigenvalue weighted by Crippen LogP contribution is -1.97. The number of hydrogen-bond acceptors (Lipinski definition) is 6. The largest absolute Gasteiger partial charge is 0.448 e. The zero-order valence-electron chi connectivity index (χ0n) is 11.2. The molecule has 0 bridgehead atoms. The summed E-state index contributed by atoms with van der Waals surface area (Å²) in [5.74, 6) is 0.109. The van der Waals surface area contributed by atoms with E-state index in [-0.39, 0.29) is 18.1 Å². The molecule has 0 amide bonds. The van der Waals surface area contributed by atoms with E-state index in [4.69, 9.17) is 9.84 Å². The van der Waals surface area contributed by atoms with E-state index in [1.165, 1.54) is 0 Å². The number of hydrogen-bond donors (Lipinski definition) is 1. The van der Waals surface area contributed by atoms with Gasteiger partial charge in [-0.05, 0) is 55.6 Å². The van der Waals surface area contributed by atoms with Crippen molar-refractivity contribution in [2.24, 2.45) is 0 Å². The Morgan fingerprint density at radius 1 is 1.04 bits per heavy atom. The monoisotopic (exact) mass is 446 g/mol. The Labute approximate surface area is 146 Å². The molecule has 23 heavy (non-hydrogen) atoms. The third-order valence-electron chi connectivity index (χ3n) is 2.80. The average Bonchev–Trinajstić information content (AvgIpc) is 2.50. The molecule has 0 fully saturated rings. The van der Waals surface area contributed by atoms with Crippen LogP contribution in [0.3, 0.4) is 0 Å². The van der Waals surface area contributed by atoms with Crippen molar-refractivity contribution >= 4 is 43.2 Å². The van der Waals surface area contributed by atoms with Crippen molar-refractivity contribution in [3.8, 4) is 11.5 Å². The fraction of sp³-hybridized carbons (Fsp3) is 0.0769. The molecule has 0 unspecified atom stereocenters. The molecule has 0 aliphatic rings. The third kappa shape index (κ3) is 3.84. The van der Waals surface area contributed by atoms with E-state index in [1.807, 2.05) is 0 Å². The maximum atomic E-state index is 11.1. The number of non-ortho nitro benzene ring substituents is 1. The molecule has 0 spiro atoms. The topological polar surface area (TPSA) is 116 Å². The van der Waals surface area contributed by atoms with E-state index in [9.17, 15) is 20.2 Å². The highest BCUT2D eigenvalue weighted by atomic mass is 79.9. The summed E-state index contributed by atoms with van der Waals surface area (Å²) in [5, 5.41) is 31.0. The van der Waals surface area contributed by atoms with Gasteiger partial charge < -0.3 is 9.84 Å². The lowest BCUT2D eigenvalue weighted by atomic mass is 10.2. The van der Waals surface area contributed by atoms with Gasteiger partial charge in [-0.1, -0.05) is 0 Å². The van der Waals surface area contributed by atoms with Gasteiger partial charge in [0.2, 0.25) is 5.75 Å². The van der Waals surface area contributed by atoms with Gasteiger partial charge in [-0.2, -0.15) is 0 Å². The van der Waals surface area contributed by atoms with Gasteiger partial charge in [0, 0.05) is 6.07 Å². The first-order chi connectivity index (χ1) is 10.8. The summed E-state index contributed by atoms with van der Waals surface area (Å²) in [7, 11) is 0. The number of rotatable bonds is 5. The van der Waals surface area contributed by atoms with Crippen molar-refractivity contribution < 1.29 is 19.7 Å². The summed E-state index contributed by atoms with van der Waals surface area (Å²) in [4.78, 5) is 20.3. The number of ether oxygens (including phenoxy) is 1. The maximum Gasteiger partial charge on any atom is 0.318 e. The molecule has 2 aromatic rings. The van der Waals surface area contributed by atoms with Crippen LogP contribution in [0.1, 0.15) is 5.56 Å². The first-order valence-corrected chi connectivity index (χ1v) is 7.61. The van der Waals surface area contributed by atoms with E-state index in [0.717, 1.165) is 18.2 Å². The predicted molar refractivity (Wildman–Crippen MR) is 87.6 cm³/mol. The lowest BCUT2D eigenvalue weighted by molar-refractivity contribution is -0.394. The van der Waals surface area contributed by atoms with Crippen molar-refractivity contribution in [3.63, 3.8) is 0 Å². The Bertz CT molecular complexity index is 773. The zero-order valence-corrected chi connectivity index (χ0v) is 14.4. The second-order valence-corrected chi connectivity index (χ2v) is 6.02. The highest BCUT2D eigenvalue weighted by molar-refractivity contribution is 9.11. The van der Waals surface area contributed by atoms with Gasteiger partial charge in [0.05, 0.1) is 31.5 Å². The Morgan fingerprint density at radius 3 is 2.13 bits per heavy atom. The van der Waals surface area contributed by atoms with Crippen LogP contribution in [0.25, 0.3) is 0 Å². The number of aliphatic hydroxyl groups excluding tert-OH is 1. The Hall–Kier alpha value is -2.04. The van der Waals surface area contributed by atoms with Crippen LogP contribution in [0.15, 0.2) is 39.3 Å². The minimum atomic E-state index is -0.758. The molecular formula is C13H8Br2N2O6. The molecule has 0 aliphatic carbocycles. The summed E-state index contributed by atoms with van der Waals surface area (Å²) >= 11 is 6.50. The molecule has 2 rings (SSSR count). The molecule has 10 heteroatoms. The van der Waals surface area contributed by atoms with E-state index in [0.29, 0.717) is 14.5 Å². The van der Waals surface area contributed by atoms with Crippen molar-refractivity contribution in [2.45, 2.75) is 6.61 Å². The van der Waals surface area contributed by atoms with E-state index < -0.39 is 21.2 Å². The van der Waals surface area contributed by atoms with Crippen molar-refractivity contribution in [1.29, 1.82) is 0 Å². The highest BCUT2D eigenvalue weighted by Crippen LogP contribution is 2.41. The average molecular weight is 448 g/mol. The molecule has 120 valence electrons. The molecule has 0 heterocycles. The second kappa shape index (κ2) is 7.02. The SMILES string of the molecule is O=[N+]([O-])c1ccc(Oc2c(Br)cc(CO)cc2Br)c([N+](=O)[O-])c1. The van der Waals surface area contributed by atoms with Crippen LogP contribution in [0, 0.1) is 20.2 Å². The molecular weight excluding hydrogens is 440 g/mol. The van der Waals surface area contributed by atoms with E-state index >= 15 is 0 Å². The van der Waals surface area contributed by atoms with E-state index in [2.05, 4.69) is 31.9 Å². The van der Waals surface area contributed by atoms with Crippen LogP contribution in [0.2, 0.25) is 0 Å². The molecule has 0 atom stereocenters. The first kappa shape index (κ1) is 17.3. The van der Waals surface area contributed by atoms with Gasteiger partial charge >= 0.3 is 5.69 Å². The molecule has 0 saturated carbocycles. The van der Waals surface area contributed by atoms with Gasteiger partial charge in [-0.3, -0.25) is 20.2 Å². The zero-order chi connectivity index (χ0) is 17.1. The molecule has 0 radical (unpaired) electrons. The Kier molecular flexibility index (Phi) is 5.29. The minimum Gasteiger partial charge on any atom is -0.448 e. The number of halogens is 2. The van der Waals surface area contributed by atoms with Crippen molar-refractivity contribution in [2.75, 3.05) is 0 Å². The van der Waals surface area contributed by atoms with Crippen LogP contribution in [-0.4, -0.2) is 15.0 Å². The summed E-state index contributed by atoms with van der Waals surface area (Å²) in [6.45, 7) is -0.185. The number of benzene rings is 2. The molecule has 0 aliphatic heterocycles. The molecule has 1 N–H and O–H groups in total. The second-order valence-electron chi connectivity index (χ2n) is 4.32. The van der Waals surface area contributed by atoms with Gasteiger partial charge in [0.25, 0.3) is 5.69 Å². The van der Waals surface area contributed by atoms with Crippen molar-refractivity contribution in [1.82, 2.24) is 0 Å². The van der Waals surface area contributed by atoms with Crippen molar-refractivity contribution in [3.05, 3.63) is 65.1 Å². The minimum absolute atomic E-state index is 0.140. The van der Waals surface area contributed by atoms with Gasteiger partial charge in [-0.25, -0.2) is 0 Å². The molecule has 0 aromatic heterocycles. The van der Waals surface area contributed by atoms with Crippen LogP contribution >= 0.6 is 31.9 Å². The smallest absolute Gasteiger partial charge is 0.318 e. The quantitative estimate of drug-likeness (QED) is 0.539. The van der Waals surface area contributed by atoms with Crippen LogP contribution in [0.5, 0.6) is 11.5 Å². The lowest BCUT2D eigenvalue weighted by Gasteiger charge is -2.11. The predicted octanol–water partition coefficient (Wildman–Crippen LogP) is 4.31. The van der Waals surface area contributed by atoms with Crippen LogP contribution < -0.4 is 4.74 Å². The first-order valence-electron chi connectivity index (χ1n) is 6.03. The molecule has 2 aromatic carbocycles. The van der Waals surface area contributed by atoms with Gasteiger partial charge in [0.1, 0.15) is 0 Å². The summed E-state index contributed by atoms with van der Waals surface area (Å²) < 4.78 is 6.45. The highest BCUT2D eigenvalue weighted by Gasteiger charge is 2.22.